The summed E-state index contributed by atoms with van der Waals surface area (Å²) < 4.78 is 11.2. The zero-order valence-corrected chi connectivity index (χ0v) is 19.6. The first-order valence-electron chi connectivity index (χ1n) is 10.2. The first kappa shape index (κ1) is 22.5. The Balaban J connectivity index is 2.12. The van der Waals surface area contributed by atoms with Crippen LogP contribution in [0.2, 0.25) is 0 Å². The lowest BCUT2D eigenvalue weighted by Crippen LogP contribution is -2.40. The number of fused-ring (bicyclic) bond motifs is 1. The van der Waals surface area contributed by atoms with Gasteiger partial charge in [0.2, 0.25) is 5.91 Å². The number of nitrogens with zero attached hydrogens (tertiary/aromatic N) is 2. The average molecular weight is 429 g/mol. The molecule has 5 nitrogen and oxygen atoms in total. The number of hydrogen-bond donors (Lipinski definition) is 0. The molecule has 2 aromatic carbocycles. The number of carbonyl (C=O) groups excluding carboxylic acids is 1. The second-order valence-corrected chi connectivity index (χ2v) is 8.81. The first-order valence-corrected chi connectivity index (χ1v) is 11.5. The Kier molecular flexibility index (Phi) is 7.32. The van der Waals surface area contributed by atoms with Crippen molar-refractivity contribution in [3.05, 3.63) is 47.5 Å². The van der Waals surface area contributed by atoms with Gasteiger partial charge in [0.25, 0.3) is 0 Å². The fourth-order valence-electron chi connectivity index (χ4n) is 4.15. The molecule has 2 aromatic rings. The third-order valence-corrected chi connectivity index (χ3v) is 6.67. The smallest absolute Gasteiger partial charge is 0.230 e. The molecule has 0 aliphatic carbocycles. The van der Waals surface area contributed by atoms with Crippen LogP contribution >= 0.6 is 11.8 Å². The summed E-state index contributed by atoms with van der Waals surface area (Å²) >= 11 is 1.67. The van der Waals surface area contributed by atoms with E-state index in [-0.39, 0.29) is 17.7 Å². The molecule has 0 radical (unpaired) electrons. The second kappa shape index (κ2) is 9.75. The van der Waals surface area contributed by atoms with E-state index < -0.39 is 0 Å². The monoisotopic (exact) mass is 428 g/mol. The Morgan fingerprint density at radius 3 is 2.37 bits per heavy atom. The summed E-state index contributed by atoms with van der Waals surface area (Å²) in [4.78, 5) is 18.8. The number of amides is 1. The topological polar surface area (TPSA) is 42.0 Å². The molecule has 3 rings (SSSR count). The molecule has 1 amide bonds. The van der Waals surface area contributed by atoms with E-state index in [0.29, 0.717) is 6.54 Å². The number of methoxy groups -OCH3 is 2. The van der Waals surface area contributed by atoms with Crippen molar-refractivity contribution in [3.8, 4) is 11.5 Å². The Bertz CT molecular complexity index is 883. The van der Waals surface area contributed by atoms with Gasteiger partial charge in [0, 0.05) is 29.5 Å². The van der Waals surface area contributed by atoms with Crippen LogP contribution in [0.25, 0.3) is 0 Å². The summed E-state index contributed by atoms with van der Waals surface area (Å²) in [5.41, 5.74) is 3.23. The van der Waals surface area contributed by atoms with Gasteiger partial charge in [-0.25, -0.2) is 0 Å². The Morgan fingerprint density at radius 1 is 1.10 bits per heavy atom. The fraction of sp³-hybridized carbons (Fsp3) is 0.458. The number of hydrogen-bond acceptors (Lipinski definition) is 5. The second-order valence-electron chi connectivity index (χ2n) is 7.96. The van der Waals surface area contributed by atoms with Crippen LogP contribution in [-0.4, -0.2) is 58.5 Å². The minimum atomic E-state index is -0.143. The number of rotatable bonds is 7. The molecule has 0 saturated heterocycles. The van der Waals surface area contributed by atoms with E-state index in [0.717, 1.165) is 46.2 Å². The highest BCUT2D eigenvalue weighted by Gasteiger charge is 2.36. The highest BCUT2D eigenvalue weighted by atomic mass is 32.2. The van der Waals surface area contributed by atoms with Crippen molar-refractivity contribution in [2.75, 3.05) is 52.6 Å². The minimum Gasteiger partial charge on any atom is -0.497 e. The molecule has 0 saturated carbocycles. The number of carbonyl (C=O) groups is 1. The zero-order chi connectivity index (χ0) is 21.8. The maximum Gasteiger partial charge on any atom is 0.230 e. The molecule has 6 heteroatoms. The molecule has 162 valence electrons. The predicted molar refractivity (Wildman–Crippen MR) is 124 cm³/mol. The summed E-state index contributed by atoms with van der Waals surface area (Å²) in [6.45, 7) is 3.51. The maximum absolute atomic E-state index is 13.6. The van der Waals surface area contributed by atoms with Gasteiger partial charge in [-0.05, 0) is 62.5 Å². The molecule has 0 bridgehead atoms. The largest absolute Gasteiger partial charge is 0.497 e. The van der Waals surface area contributed by atoms with Crippen molar-refractivity contribution in [1.82, 2.24) is 4.90 Å². The molecule has 30 heavy (non-hydrogen) atoms. The lowest BCUT2D eigenvalue weighted by atomic mass is 9.82. The zero-order valence-electron chi connectivity index (χ0n) is 18.8. The van der Waals surface area contributed by atoms with Gasteiger partial charge >= 0.3 is 0 Å². The maximum atomic E-state index is 13.6. The number of thioether (sulfide) groups is 1. The van der Waals surface area contributed by atoms with Gasteiger partial charge in [-0.15, -0.1) is 11.8 Å². The summed E-state index contributed by atoms with van der Waals surface area (Å²) in [5, 5.41) is 0. The van der Waals surface area contributed by atoms with Crippen molar-refractivity contribution in [3.63, 3.8) is 0 Å². The molecule has 0 fully saturated rings. The number of likely N-dealkylation sites (N-methyl/N-ethyl adjacent to an activating group) is 1. The first-order chi connectivity index (χ1) is 14.4. The molecule has 2 atom stereocenters. The number of ether oxygens (including phenoxy) is 2. The molecular weight excluding hydrogens is 396 g/mol. The van der Waals surface area contributed by atoms with Crippen LogP contribution < -0.4 is 14.4 Å². The Labute approximate surface area is 184 Å². The van der Waals surface area contributed by atoms with Crippen molar-refractivity contribution in [2.45, 2.75) is 24.2 Å². The van der Waals surface area contributed by atoms with Crippen LogP contribution in [0.5, 0.6) is 11.5 Å². The van der Waals surface area contributed by atoms with Crippen LogP contribution in [0.3, 0.4) is 0 Å². The molecule has 1 aliphatic heterocycles. The molecule has 0 unspecified atom stereocenters. The van der Waals surface area contributed by atoms with E-state index >= 15 is 0 Å². The van der Waals surface area contributed by atoms with E-state index in [9.17, 15) is 4.79 Å². The minimum absolute atomic E-state index is 0.0671. The summed E-state index contributed by atoms with van der Waals surface area (Å²) in [7, 11) is 7.45. The van der Waals surface area contributed by atoms with Gasteiger partial charge < -0.3 is 19.3 Å². The lowest BCUT2D eigenvalue weighted by molar-refractivity contribution is -0.122. The van der Waals surface area contributed by atoms with Gasteiger partial charge in [0.15, 0.2) is 0 Å². The van der Waals surface area contributed by atoms with E-state index in [1.807, 2.05) is 38.1 Å². The highest BCUT2D eigenvalue weighted by Crippen LogP contribution is 2.45. The third kappa shape index (κ3) is 4.44. The van der Waals surface area contributed by atoms with E-state index in [4.69, 9.17) is 9.47 Å². The molecule has 0 spiro atoms. The van der Waals surface area contributed by atoms with Crippen LogP contribution in [0, 0.1) is 5.92 Å². The van der Waals surface area contributed by atoms with Crippen molar-refractivity contribution >= 4 is 23.4 Å². The summed E-state index contributed by atoms with van der Waals surface area (Å²) in [6.07, 6.45) is 2.81. The van der Waals surface area contributed by atoms with Crippen molar-refractivity contribution in [2.24, 2.45) is 5.92 Å². The third-order valence-electron chi connectivity index (χ3n) is 5.91. The van der Waals surface area contributed by atoms with Crippen molar-refractivity contribution in [1.29, 1.82) is 0 Å². The van der Waals surface area contributed by atoms with Crippen LogP contribution in [0.4, 0.5) is 5.69 Å². The average Bonchev–Trinajstić information content (AvgIpc) is 2.86. The molecular formula is C24H32N2O3S. The van der Waals surface area contributed by atoms with Crippen LogP contribution in [0.1, 0.15) is 24.0 Å². The van der Waals surface area contributed by atoms with Crippen LogP contribution in [0.15, 0.2) is 41.3 Å². The number of benzene rings is 2. The van der Waals surface area contributed by atoms with Gasteiger partial charge in [-0.3, -0.25) is 4.79 Å². The van der Waals surface area contributed by atoms with Gasteiger partial charge in [-0.1, -0.05) is 19.1 Å². The number of anilines is 1. The van der Waals surface area contributed by atoms with E-state index in [1.165, 1.54) is 0 Å². The lowest BCUT2D eigenvalue weighted by Gasteiger charge is -2.28. The Hall–Kier alpha value is -2.18. The van der Waals surface area contributed by atoms with Gasteiger partial charge in [-0.2, -0.15) is 0 Å². The standard InChI is InChI=1S/C24H32N2O3S/c1-16-19(17-7-9-18(28-4)10-8-17)15-20-21(11-12-22(30-6)23(20)29-5)26(24(16)27)14-13-25(2)3/h7-12,16,19H,13-15H2,1-6H3/t16-,19-/m1/s1. The van der Waals surface area contributed by atoms with E-state index in [2.05, 4.69) is 35.4 Å². The summed E-state index contributed by atoms with van der Waals surface area (Å²) in [5.74, 6) is 1.79. The van der Waals surface area contributed by atoms with Gasteiger partial charge in [0.1, 0.15) is 11.5 Å². The molecule has 0 aromatic heterocycles. The van der Waals surface area contributed by atoms with E-state index in [1.54, 1.807) is 26.0 Å². The highest BCUT2D eigenvalue weighted by molar-refractivity contribution is 7.98. The SMILES string of the molecule is COc1ccc([C@@H]2Cc3c(ccc(SC)c3OC)N(CCN(C)C)C(=O)[C@@H]2C)cc1. The molecule has 1 aliphatic rings. The van der Waals surface area contributed by atoms with Crippen LogP contribution in [-0.2, 0) is 11.2 Å². The normalized spacial score (nSPS) is 18.9. The molecule has 0 N–H and O–H groups in total. The van der Waals surface area contributed by atoms with Gasteiger partial charge in [0.05, 0.1) is 19.9 Å². The quantitative estimate of drug-likeness (QED) is 0.615. The Morgan fingerprint density at radius 2 is 1.80 bits per heavy atom. The predicted octanol–water partition coefficient (Wildman–Crippen LogP) is 4.30. The fourth-order valence-corrected chi connectivity index (χ4v) is 4.75. The summed E-state index contributed by atoms with van der Waals surface area (Å²) in [6, 6.07) is 12.2. The molecule has 1 heterocycles. The van der Waals surface area contributed by atoms with Crippen molar-refractivity contribution < 1.29 is 14.3 Å².